The highest BCUT2D eigenvalue weighted by Crippen LogP contribution is 2.33. The third-order valence-electron chi connectivity index (χ3n) is 4.75. The molecule has 2 heterocycles. The number of rotatable bonds is 2. The summed E-state index contributed by atoms with van der Waals surface area (Å²) in [5.41, 5.74) is 4.84. The number of aliphatic imine (C=N–C) groups is 1. The summed E-state index contributed by atoms with van der Waals surface area (Å²) >= 11 is 0. The second kappa shape index (κ2) is 6.69. The second-order valence-corrected chi connectivity index (χ2v) is 6.45. The number of amides is 1. The van der Waals surface area contributed by atoms with Gasteiger partial charge < -0.3 is 15.5 Å². The van der Waals surface area contributed by atoms with Gasteiger partial charge in [0.1, 0.15) is 6.04 Å². The Morgan fingerprint density at radius 2 is 1.80 bits per heavy atom. The third-order valence-corrected chi connectivity index (χ3v) is 4.75. The molecule has 0 unspecified atom stereocenters. The van der Waals surface area contributed by atoms with E-state index in [2.05, 4.69) is 27.7 Å². The molecule has 5 heteroatoms. The van der Waals surface area contributed by atoms with Crippen molar-refractivity contribution in [2.24, 2.45) is 4.99 Å². The summed E-state index contributed by atoms with van der Waals surface area (Å²) in [7, 11) is 0. The van der Waals surface area contributed by atoms with E-state index in [1.165, 1.54) is 0 Å². The molecular formula is C20H22N4O. The highest BCUT2D eigenvalue weighted by molar-refractivity contribution is 6.21. The van der Waals surface area contributed by atoms with Crippen LogP contribution in [0.2, 0.25) is 0 Å². The van der Waals surface area contributed by atoms with Gasteiger partial charge in [0, 0.05) is 37.3 Å². The molecule has 0 spiro atoms. The van der Waals surface area contributed by atoms with Gasteiger partial charge in [0.2, 0.25) is 5.91 Å². The van der Waals surface area contributed by atoms with Crippen LogP contribution in [0.3, 0.4) is 0 Å². The van der Waals surface area contributed by atoms with Crippen molar-refractivity contribution in [3.63, 3.8) is 0 Å². The van der Waals surface area contributed by atoms with Crippen molar-refractivity contribution in [1.29, 1.82) is 0 Å². The largest absolute Gasteiger partial charge is 0.367 e. The van der Waals surface area contributed by atoms with Crippen LogP contribution in [0.1, 0.15) is 18.1 Å². The maximum Gasteiger partial charge on any atom is 0.248 e. The Morgan fingerprint density at radius 3 is 2.56 bits per heavy atom. The molecule has 4 rings (SSSR count). The maximum atomic E-state index is 12.5. The van der Waals surface area contributed by atoms with Crippen LogP contribution in [-0.4, -0.2) is 43.8 Å². The molecule has 2 aromatic carbocycles. The van der Waals surface area contributed by atoms with E-state index in [1.807, 2.05) is 43.3 Å². The summed E-state index contributed by atoms with van der Waals surface area (Å²) in [6.45, 7) is 5.61. The number of fused-ring (bicyclic) bond motifs is 1. The number of anilines is 2. The summed E-state index contributed by atoms with van der Waals surface area (Å²) in [6.07, 6.45) is 0. The molecule has 0 saturated carbocycles. The first-order valence-corrected chi connectivity index (χ1v) is 8.77. The Hall–Kier alpha value is -2.66. The number of para-hydroxylation sites is 1. The summed E-state index contributed by atoms with van der Waals surface area (Å²) in [5.74, 6) is -0.0604. The number of nitrogens with one attached hydrogen (secondary N) is 2. The average Bonchev–Trinajstić information content (AvgIpc) is 2.79. The van der Waals surface area contributed by atoms with Gasteiger partial charge in [-0.25, -0.2) is 0 Å². The van der Waals surface area contributed by atoms with Gasteiger partial charge in [-0.2, -0.15) is 0 Å². The monoisotopic (exact) mass is 334 g/mol. The van der Waals surface area contributed by atoms with E-state index in [0.29, 0.717) is 0 Å². The molecule has 2 aliphatic rings. The lowest BCUT2D eigenvalue weighted by molar-refractivity contribution is -0.116. The lowest BCUT2D eigenvalue weighted by Crippen LogP contribution is -2.44. The van der Waals surface area contributed by atoms with Crippen molar-refractivity contribution in [2.75, 3.05) is 36.4 Å². The highest BCUT2D eigenvalue weighted by Gasteiger charge is 2.26. The number of carbonyl (C=O) groups excluding carboxylic acids is 1. The predicted molar refractivity (Wildman–Crippen MR) is 102 cm³/mol. The fraction of sp³-hybridized carbons (Fsp3) is 0.300. The van der Waals surface area contributed by atoms with E-state index in [1.54, 1.807) is 0 Å². The van der Waals surface area contributed by atoms with E-state index in [4.69, 9.17) is 4.99 Å². The Labute approximate surface area is 147 Å². The van der Waals surface area contributed by atoms with Gasteiger partial charge >= 0.3 is 0 Å². The van der Waals surface area contributed by atoms with Crippen molar-refractivity contribution in [3.8, 4) is 0 Å². The Morgan fingerprint density at radius 1 is 1.04 bits per heavy atom. The van der Waals surface area contributed by atoms with Crippen molar-refractivity contribution in [3.05, 3.63) is 59.7 Å². The van der Waals surface area contributed by atoms with Gasteiger partial charge in [-0.05, 0) is 13.0 Å². The molecular weight excluding hydrogens is 312 g/mol. The topological polar surface area (TPSA) is 56.7 Å². The van der Waals surface area contributed by atoms with Gasteiger partial charge in [-0.15, -0.1) is 0 Å². The number of nitrogens with zero attached hydrogens (tertiary/aromatic N) is 2. The highest BCUT2D eigenvalue weighted by atomic mass is 16.2. The van der Waals surface area contributed by atoms with Gasteiger partial charge in [0.15, 0.2) is 0 Å². The van der Waals surface area contributed by atoms with Crippen LogP contribution in [0, 0.1) is 0 Å². The van der Waals surface area contributed by atoms with E-state index in [0.717, 1.165) is 54.4 Å². The van der Waals surface area contributed by atoms with Gasteiger partial charge in [-0.3, -0.25) is 9.79 Å². The van der Waals surface area contributed by atoms with Gasteiger partial charge in [0.25, 0.3) is 0 Å². The summed E-state index contributed by atoms with van der Waals surface area (Å²) in [6, 6.07) is 15.9. The molecule has 128 valence electrons. The Balaban J connectivity index is 1.86. The molecule has 0 aromatic heterocycles. The van der Waals surface area contributed by atoms with Crippen LogP contribution in [0.25, 0.3) is 0 Å². The number of carbonyl (C=O) groups is 1. The minimum atomic E-state index is -0.418. The van der Waals surface area contributed by atoms with Gasteiger partial charge in [0.05, 0.1) is 17.1 Å². The van der Waals surface area contributed by atoms with E-state index >= 15 is 0 Å². The van der Waals surface area contributed by atoms with Gasteiger partial charge in [-0.1, -0.05) is 42.5 Å². The molecule has 0 radical (unpaired) electrons. The zero-order valence-electron chi connectivity index (χ0n) is 14.3. The predicted octanol–water partition coefficient (Wildman–Crippen LogP) is 2.27. The minimum Gasteiger partial charge on any atom is -0.367 e. The fourth-order valence-electron chi connectivity index (χ4n) is 3.41. The molecule has 2 aliphatic heterocycles. The summed E-state index contributed by atoms with van der Waals surface area (Å²) in [4.78, 5) is 19.6. The first kappa shape index (κ1) is 15.8. The molecule has 1 amide bonds. The number of hydrogen-bond acceptors (Lipinski definition) is 4. The SMILES string of the molecule is C[C@@H]1N=C(c2ccccc2)c2cccc(N3CCNCC3)c2NC1=O. The molecule has 2 N–H and O–H groups in total. The first-order valence-electron chi connectivity index (χ1n) is 8.77. The summed E-state index contributed by atoms with van der Waals surface area (Å²) < 4.78 is 0. The van der Waals surface area contributed by atoms with Crippen LogP contribution >= 0.6 is 0 Å². The number of benzene rings is 2. The normalized spacial score (nSPS) is 20.4. The zero-order valence-corrected chi connectivity index (χ0v) is 14.3. The van der Waals surface area contributed by atoms with Crippen molar-refractivity contribution in [1.82, 2.24) is 5.32 Å². The number of benzodiazepines with no additional fused rings is 1. The quantitative estimate of drug-likeness (QED) is 0.886. The molecule has 25 heavy (non-hydrogen) atoms. The maximum absolute atomic E-state index is 12.5. The summed E-state index contributed by atoms with van der Waals surface area (Å²) in [5, 5.41) is 6.50. The molecule has 0 bridgehead atoms. The van der Waals surface area contributed by atoms with Crippen LogP contribution in [-0.2, 0) is 4.79 Å². The van der Waals surface area contributed by atoms with Crippen LogP contribution in [0.15, 0.2) is 53.5 Å². The standard InChI is InChI=1S/C20H22N4O/c1-14-20(25)23-19-16(18(22-14)15-6-3-2-4-7-15)8-5-9-17(19)24-12-10-21-11-13-24/h2-9,14,21H,10-13H2,1H3,(H,23,25)/t14-/m0/s1. The molecule has 2 aromatic rings. The molecule has 1 fully saturated rings. The van der Waals surface area contributed by atoms with E-state index in [9.17, 15) is 4.79 Å². The fourth-order valence-corrected chi connectivity index (χ4v) is 3.41. The molecule has 1 saturated heterocycles. The van der Waals surface area contributed by atoms with Crippen LogP contribution in [0.4, 0.5) is 11.4 Å². The minimum absolute atomic E-state index is 0.0604. The van der Waals surface area contributed by atoms with Crippen LogP contribution < -0.4 is 15.5 Å². The number of piperazine rings is 1. The van der Waals surface area contributed by atoms with E-state index in [-0.39, 0.29) is 5.91 Å². The van der Waals surface area contributed by atoms with Crippen molar-refractivity contribution < 1.29 is 4.79 Å². The van der Waals surface area contributed by atoms with E-state index < -0.39 is 6.04 Å². The zero-order chi connectivity index (χ0) is 17.2. The molecule has 0 aliphatic carbocycles. The number of hydrogen-bond donors (Lipinski definition) is 2. The average molecular weight is 334 g/mol. The lowest BCUT2D eigenvalue weighted by atomic mass is 9.99. The first-order chi connectivity index (χ1) is 12.2. The third kappa shape index (κ3) is 3.03. The van der Waals surface area contributed by atoms with Crippen LogP contribution in [0.5, 0.6) is 0 Å². The molecule has 5 nitrogen and oxygen atoms in total. The second-order valence-electron chi connectivity index (χ2n) is 6.45. The smallest absolute Gasteiger partial charge is 0.248 e. The Bertz CT molecular complexity index is 810. The molecule has 1 atom stereocenters. The lowest BCUT2D eigenvalue weighted by Gasteiger charge is -2.31. The van der Waals surface area contributed by atoms with Crippen molar-refractivity contribution >= 4 is 23.0 Å². The Kier molecular flexibility index (Phi) is 4.24. The van der Waals surface area contributed by atoms with Crippen molar-refractivity contribution in [2.45, 2.75) is 13.0 Å².